The number of benzene rings is 1. The molecule has 3 saturated heterocycles. The van der Waals surface area contributed by atoms with Crippen molar-refractivity contribution in [3.05, 3.63) is 29.8 Å². The minimum Gasteiger partial charge on any atom is -0.508 e. The quantitative estimate of drug-likeness (QED) is 0.0656. The Balaban J connectivity index is 1.75. The molecule has 1 aromatic carbocycles. The largest absolute Gasteiger partial charge is 0.508 e. The number of likely N-dealkylation sites (tertiary alicyclic amines) is 1. The van der Waals surface area contributed by atoms with Crippen LogP contribution >= 0.6 is 21.6 Å². The number of fused-ring (bicyclic) bond motifs is 2. The maximum Gasteiger partial charge on any atom is 0.246 e. The maximum absolute atomic E-state index is 14.8. The second-order valence-corrected chi connectivity index (χ2v) is 21.5. The van der Waals surface area contributed by atoms with Gasteiger partial charge in [0.25, 0.3) is 0 Å². The molecule has 10 atom stereocenters. The first-order chi connectivity index (χ1) is 34.9. The molecule has 0 unspecified atom stereocenters. The van der Waals surface area contributed by atoms with Crippen LogP contribution in [0.15, 0.2) is 24.3 Å². The van der Waals surface area contributed by atoms with Crippen LogP contribution < -0.4 is 60.2 Å². The zero-order chi connectivity index (χ0) is 55.0. The smallest absolute Gasteiger partial charge is 0.246 e. The second kappa shape index (κ2) is 28.1. The van der Waals surface area contributed by atoms with Crippen molar-refractivity contribution in [3.8, 4) is 5.75 Å². The number of hydrogen-bond acceptors (Lipinski definition) is 16. The number of primary amides is 3. The molecule has 0 aromatic heterocycles. The van der Waals surface area contributed by atoms with Gasteiger partial charge in [-0.15, -0.1) is 0 Å². The molecule has 3 fully saturated rings. The predicted octanol–water partition coefficient (Wildman–Crippen LogP) is -4.40. The summed E-state index contributed by atoms with van der Waals surface area (Å²) in [6.45, 7) is 5.99. The molecule has 0 spiro atoms. The van der Waals surface area contributed by atoms with Crippen molar-refractivity contribution in [2.75, 3.05) is 31.1 Å². The van der Waals surface area contributed by atoms with E-state index in [-0.39, 0.29) is 61.8 Å². The molecule has 408 valence electrons. The van der Waals surface area contributed by atoms with Gasteiger partial charge in [-0.2, -0.15) is 0 Å². The molecule has 0 aliphatic carbocycles. The summed E-state index contributed by atoms with van der Waals surface area (Å²) in [4.78, 5) is 165. The molecule has 0 saturated carbocycles. The van der Waals surface area contributed by atoms with E-state index in [0.717, 1.165) is 26.5 Å². The number of amides is 12. The van der Waals surface area contributed by atoms with E-state index in [0.29, 0.717) is 18.4 Å². The van der Waals surface area contributed by atoms with Crippen LogP contribution in [0.5, 0.6) is 5.75 Å². The number of nitrogens with two attached hydrogens (primary N) is 4. The molecule has 3 aliphatic rings. The molecule has 16 N–H and O–H groups in total. The van der Waals surface area contributed by atoms with E-state index in [1.165, 1.54) is 29.2 Å². The van der Waals surface area contributed by atoms with E-state index >= 15 is 0 Å². The number of aromatic hydroxyl groups is 1. The summed E-state index contributed by atoms with van der Waals surface area (Å²) in [6, 6.07) is -6.75. The van der Waals surface area contributed by atoms with Crippen LogP contribution in [0.3, 0.4) is 0 Å². The van der Waals surface area contributed by atoms with E-state index in [4.69, 9.17) is 22.9 Å². The average Bonchev–Trinajstić information content (AvgIpc) is 3.84. The van der Waals surface area contributed by atoms with Gasteiger partial charge in [-0.1, -0.05) is 67.8 Å². The van der Waals surface area contributed by atoms with E-state index < -0.39 is 151 Å². The third-order valence-corrected chi connectivity index (χ3v) is 15.0. The van der Waals surface area contributed by atoms with Gasteiger partial charge in [0.1, 0.15) is 54.1 Å². The van der Waals surface area contributed by atoms with Gasteiger partial charge in [-0.3, -0.25) is 57.5 Å². The van der Waals surface area contributed by atoms with Crippen LogP contribution in [-0.2, 0) is 64.0 Å². The van der Waals surface area contributed by atoms with E-state index in [1.54, 1.807) is 13.8 Å². The summed E-state index contributed by atoms with van der Waals surface area (Å²) in [5.74, 6) is -11.5. The minimum absolute atomic E-state index is 0.0319. The zero-order valence-electron chi connectivity index (χ0n) is 41.7. The Morgan fingerprint density at radius 3 is 2.07 bits per heavy atom. The lowest BCUT2D eigenvalue weighted by Crippen LogP contribution is -2.69. The Bertz CT molecular complexity index is 2280. The van der Waals surface area contributed by atoms with E-state index in [1.807, 2.05) is 13.8 Å². The Labute approximate surface area is 435 Å². The highest BCUT2D eigenvalue weighted by Gasteiger charge is 2.45. The Hall–Kier alpha value is -6.68. The molecule has 12 amide bonds. The number of phenolic OH excluding ortho intramolecular Hbond substituents is 1. The summed E-state index contributed by atoms with van der Waals surface area (Å²) in [6.07, 6.45) is -0.659. The van der Waals surface area contributed by atoms with E-state index in [9.17, 15) is 62.6 Å². The van der Waals surface area contributed by atoms with Crippen LogP contribution in [0.4, 0.5) is 0 Å². The molecule has 0 radical (unpaired) electrons. The summed E-state index contributed by atoms with van der Waals surface area (Å²) in [5, 5.41) is 27.8. The Morgan fingerprint density at radius 2 is 1.45 bits per heavy atom. The summed E-state index contributed by atoms with van der Waals surface area (Å²) < 4.78 is 0. The molecular weight excluding hydrogens is 1010 g/mol. The third kappa shape index (κ3) is 17.5. The number of rotatable bonds is 17. The Kier molecular flexibility index (Phi) is 22.8. The van der Waals surface area contributed by atoms with Gasteiger partial charge in [0.2, 0.25) is 70.9 Å². The summed E-state index contributed by atoms with van der Waals surface area (Å²) in [7, 11) is 2.01. The number of nitrogens with zero attached hydrogens (tertiary/aromatic N) is 2. The molecular formula is C46H69N13O13S2. The van der Waals surface area contributed by atoms with Gasteiger partial charge in [0.05, 0.1) is 25.6 Å². The van der Waals surface area contributed by atoms with Crippen molar-refractivity contribution < 1.29 is 62.6 Å². The lowest BCUT2D eigenvalue weighted by molar-refractivity contribution is -0.151. The Morgan fingerprint density at radius 1 is 0.797 bits per heavy atom. The van der Waals surface area contributed by atoms with Gasteiger partial charge in [-0.25, -0.2) is 0 Å². The highest BCUT2D eigenvalue weighted by atomic mass is 33.1. The van der Waals surface area contributed by atoms with Crippen molar-refractivity contribution in [3.63, 3.8) is 0 Å². The van der Waals surface area contributed by atoms with Crippen molar-refractivity contribution >= 4 is 92.5 Å². The highest BCUT2D eigenvalue weighted by Crippen LogP contribution is 2.27. The third-order valence-electron chi connectivity index (χ3n) is 12.6. The second-order valence-electron chi connectivity index (χ2n) is 18.9. The predicted molar refractivity (Wildman–Crippen MR) is 270 cm³/mol. The van der Waals surface area contributed by atoms with Crippen molar-refractivity contribution in [2.24, 2.45) is 34.8 Å². The first-order valence-corrected chi connectivity index (χ1v) is 26.7. The maximum atomic E-state index is 14.8. The van der Waals surface area contributed by atoms with Gasteiger partial charge >= 0.3 is 0 Å². The topological polar surface area (TPSA) is 420 Å². The molecule has 1 aromatic rings. The number of nitrogens with one attached hydrogen (secondary N) is 7. The number of phenols is 1. The van der Waals surface area contributed by atoms with Gasteiger partial charge in [-0.05, 0) is 55.2 Å². The number of carbonyl (C=O) groups excluding carboxylic acids is 12. The van der Waals surface area contributed by atoms with Crippen LogP contribution in [-0.4, -0.2) is 171 Å². The molecule has 26 nitrogen and oxygen atoms in total. The summed E-state index contributed by atoms with van der Waals surface area (Å²) in [5.41, 5.74) is 23.0. The van der Waals surface area contributed by atoms with Crippen LogP contribution in [0.2, 0.25) is 0 Å². The lowest BCUT2D eigenvalue weighted by Gasteiger charge is -2.41. The average molecular weight is 1080 g/mol. The fourth-order valence-electron chi connectivity index (χ4n) is 8.42. The lowest BCUT2D eigenvalue weighted by atomic mass is 9.94. The molecule has 28 heteroatoms. The first kappa shape index (κ1) is 59.9. The van der Waals surface area contributed by atoms with Gasteiger partial charge < -0.3 is 75.1 Å². The monoisotopic (exact) mass is 1080 g/mol. The fourth-order valence-corrected chi connectivity index (χ4v) is 10.7. The van der Waals surface area contributed by atoms with Crippen LogP contribution in [0.25, 0.3) is 0 Å². The van der Waals surface area contributed by atoms with Crippen LogP contribution in [0.1, 0.15) is 78.2 Å². The SMILES string of the molecule is CC[C@H](C)[C@@H]1NC(=O)[C@H](Cc2ccc(O)cc2)NC(=O)[C@@H](N)CSSC[C@@H](C(=O)N2CCC[C@H]2C(=O)N[C@@H](CC(C)C)C(=O)NCC(N)=O)NC(=O)[C@H](CC(N)=O)NC(=O)[C@H]2CN(C1=O)[C@@H](CCC(N)=O)C(=O)N2. The molecule has 2 bridgehead atoms. The van der Waals surface area contributed by atoms with Crippen molar-refractivity contribution in [2.45, 2.75) is 133 Å². The molecule has 4 rings (SSSR count). The fraction of sp³-hybridized carbons (Fsp3) is 0.609. The highest BCUT2D eigenvalue weighted by molar-refractivity contribution is 8.76. The molecule has 3 aliphatic heterocycles. The summed E-state index contributed by atoms with van der Waals surface area (Å²) >= 11 is 0. The normalized spacial score (nSPS) is 25.4. The minimum atomic E-state index is -1.78. The van der Waals surface area contributed by atoms with Crippen molar-refractivity contribution in [1.29, 1.82) is 0 Å². The van der Waals surface area contributed by atoms with E-state index in [2.05, 4.69) is 37.2 Å². The number of piperazine rings is 1. The van der Waals surface area contributed by atoms with Crippen molar-refractivity contribution in [1.82, 2.24) is 47.0 Å². The van der Waals surface area contributed by atoms with Crippen LogP contribution in [0, 0.1) is 11.8 Å². The zero-order valence-corrected chi connectivity index (χ0v) is 43.4. The van der Waals surface area contributed by atoms with Gasteiger partial charge in [0, 0.05) is 30.9 Å². The molecule has 3 heterocycles. The molecule has 74 heavy (non-hydrogen) atoms. The first-order valence-electron chi connectivity index (χ1n) is 24.2. The standard InChI is InChI=1S/C46H69N13O13S2/c1-5-23(4)37-46(72)59-19-30(55-44(70)33(59)12-13-34(48)61)42(68)53-29(17-35(49)62)40(66)56-31(21-74-73-20-26(47)38(64)52-28(41(67)57-37)16-24-8-10-25(60)11-9-24)45(71)58-14-6-7-32(58)43(69)54-27(15-22(2)3)39(65)51-18-36(50)63/h8-11,22-23,26-33,37,60H,5-7,12-21,47H2,1-4H3,(H2,48,61)(H2,49,62)(H2,50,63)(H,51,65)(H,52,64)(H,53,68)(H,54,69)(H,55,70)(H,56,66)(H,57,67)/t23-,26-,27-,28-,29-,30+,31-,32-,33-,37-/m0/s1. The number of carbonyl (C=O) groups is 12. The number of hydrogen-bond donors (Lipinski definition) is 12. The van der Waals surface area contributed by atoms with Gasteiger partial charge in [0.15, 0.2) is 0 Å².